The van der Waals surface area contributed by atoms with Crippen LogP contribution in [-0.4, -0.2) is 25.7 Å². The summed E-state index contributed by atoms with van der Waals surface area (Å²) in [6, 6.07) is 6.75. The number of carbonyl (C=O) groups is 1. The van der Waals surface area contributed by atoms with Gasteiger partial charge in [0, 0.05) is 29.7 Å². The molecule has 24 heavy (non-hydrogen) atoms. The molecule has 0 N–H and O–H groups in total. The molecule has 3 heterocycles. The molecule has 0 aliphatic heterocycles. The summed E-state index contributed by atoms with van der Waals surface area (Å²) in [6.07, 6.45) is 6.15. The van der Waals surface area contributed by atoms with Crippen molar-refractivity contribution in [3.63, 3.8) is 0 Å². The van der Waals surface area contributed by atoms with E-state index in [-0.39, 0.29) is 12.2 Å². The second kappa shape index (κ2) is 7.14. The van der Waals surface area contributed by atoms with E-state index in [1.54, 1.807) is 43.6 Å². The normalized spacial score (nSPS) is 10.4. The monoisotopic (exact) mass is 340 g/mol. The van der Waals surface area contributed by atoms with Crippen LogP contribution in [0, 0.1) is 6.92 Å². The highest BCUT2D eigenvalue weighted by Crippen LogP contribution is 2.22. The molecule has 0 unspecified atom stereocenters. The fourth-order valence-corrected chi connectivity index (χ4v) is 2.19. The Kier molecular flexibility index (Phi) is 4.77. The molecule has 0 fully saturated rings. The summed E-state index contributed by atoms with van der Waals surface area (Å²) in [5.41, 5.74) is 1.63. The number of pyridine rings is 2. The predicted molar refractivity (Wildman–Crippen MR) is 88.4 cm³/mol. The summed E-state index contributed by atoms with van der Waals surface area (Å²) in [5.74, 6) is 0.841. The van der Waals surface area contributed by atoms with Crippen LogP contribution in [0.5, 0.6) is 11.5 Å². The Morgan fingerprint density at radius 3 is 2.62 bits per heavy atom. The molecule has 0 spiro atoms. The highest BCUT2D eigenvalue weighted by atomic mass is 35.5. The van der Waals surface area contributed by atoms with Gasteiger partial charge in [0.1, 0.15) is 17.8 Å². The van der Waals surface area contributed by atoms with Gasteiger partial charge in [-0.2, -0.15) is 0 Å². The van der Waals surface area contributed by atoms with Gasteiger partial charge < -0.3 is 4.74 Å². The number of ketones is 1. The molecular weight excluding hydrogens is 328 g/mol. The minimum absolute atomic E-state index is 0.140. The highest BCUT2D eigenvalue weighted by molar-refractivity contribution is 6.30. The topological polar surface area (TPSA) is 77.9 Å². The summed E-state index contributed by atoms with van der Waals surface area (Å²) in [6.45, 7) is 1.80. The quantitative estimate of drug-likeness (QED) is 0.662. The van der Waals surface area contributed by atoms with E-state index in [1.807, 2.05) is 0 Å². The largest absolute Gasteiger partial charge is 0.454 e. The molecule has 0 aromatic carbocycles. The zero-order valence-electron chi connectivity index (χ0n) is 12.8. The van der Waals surface area contributed by atoms with Gasteiger partial charge in [0.25, 0.3) is 0 Å². The van der Waals surface area contributed by atoms with Crippen LogP contribution in [0.15, 0.2) is 49.2 Å². The third-order valence-corrected chi connectivity index (χ3v) is 3.34. The van der Waals surface area contributed by atoms with Gasteiger partial charge in [0.15, 0.2) is 11.5 Å². The van der Waals surface area contributed by atoms with Gasteiger partial charge >= 0.3 is 0 Å². The number of aromatic nitrogens is 4. The fraction of sp³-hybridized carbons (Fsp3) is 0.118. The van der Waals surface area contributed by atoms with Gasteiger partial charge in [-0.15, -0.1) is 0 Å². The molecular formula is C17H13ClN4O2. The van der Waals surface area contributed by atoms with Crippen LogP contribution in [-0.2, 0) is 6.42 Å². The molecule has 7 heteroatoms. The van der Waals surface area contributed by atoms with Crippen LogP contribution in [0.2, 0.25) is 5.02 Å². The predicted octanol–water partition coefficient (Wildman–Crippen LogP) is 3.45. The lowest BCUT2D eigenvalue weighted by Crippen LogP contribution is -2.08. The number of hydrogen-bond acceptors (Lipinski definition) is 6. The number of aryl methyl sites for hydroxylation is 1. The molecule has 0 aliphatic rings. The summed E-state index contributed by atoms with van der Waals surface area (Å²) >= 11 is 5.80. The third kappa shape index (κ3) is 4.11. The summed E-state index contributed by atoms with van der Waals surface area (Å²) in [4.78, 5) is 28.6. The molecule has 6 nitrogen and oxygen atoms in total. The van der Waals surface area contributed by atoms with Crippen LogP contribution in [0.3, 0.4) is 0 Å². The Hall–Kier alpha value is -2.86. The van der Waals surface area contributed by atoms with Crippen molar-refractivity contribution in [3.8, 4) is 11.5 Å². The lowest BCUT2D eigenvalue weighted by molar-refractivity contribution is 0.0986. The Morgan fingerprint density at radius 2 is 1.92 bits per heavy atom. The van der Waals surface area contributed by atoms with Crippen molar-refractivity contribution in [3.05, 3.63) is 71.3 Å². The summed E-state index contributed by atoms with van der Waals surface area (Å²) < 4.78 is 5.67. The van der Waals surface area contributed by atoms with Crippen molar-refractivity contribution >= 4 is 17.4 Å². The van der Waals surface area contributed by atoms with E-state index < -0.39 is 0 Å². The zero-order chi connectivity index (χ0) is 16.9. The first-order valence-corrected chi connectivity index (χ1v) is 7.53. The van der Waals surface area contributed by atoms with E-state index in [2.05, 4.69) is 19.9 Å². The first-order valence-electron chi connectivity index (χ1n) is 7.15. The average Bonchev–Trinajstić information content (AvgIpc) is 2.57. The maximum Gasteiger partial charge on any atom is 0.187 e. The number of carbonyl (C=O) groups excluding carboxylic acids is 1. The molecule has 0 bridgehead atoms. The van der Waals surface area contributed by atoms with E-state index in [0.717, 1.165) is 0 Å². The molecule has 3 rings (SSSR count). The average molecular weight is 341 g/mol. The first-order chi connectivity index (χ1) is 11.6. The van der Waals surface area contributed by atoms with E-state index >= 15 is 0 Å². The number of hydrogen-bond donors (Lipinski definition) is 0. The Morgan fingerprint density at radius 1 is 1.12 bits per heavy atom. The van der Waals surface area contributed by atoms with E-state index in [1.165, 1.54) is 12.5 Å². The standard InChI is InChI=1S/C17H13ClN4O2/c1-11-4-14(24-15-8-19-10-20-9-15)6-16(22-11)17(23)5-13-3-2-12(18)7-21-13/h2-4,6-10H,5H2,1H3. The minimum atomic E-state index is -0.150. The molecule has 0 amide bonds. The maximum atomic E-state index is 12.4. The first kappa shape index (κ1) is 16.0. The fourth-order valence-electron chi connectivity index (χ4n) is 2.08. The van der Waals surface area contributed by atoms with E-state index in [0.29, 0.717) is 33.6 Å². The number of halogens is 1. The van der Waals surface area contributed by atoms with Gasteiger partial charge in [0.05, 0.1) is 23.8 Å². The van der Waals surface area contributed by atoms with Crippen LogP contribution in [0.1, 0.15) is 21.9 Å². The van der Waals surface area contributed by atoms with Crippen molar-refractivity contribution in [2.45, 2.75) is 13.3 Å². The van der Waals surface area contributed by atoms with Crippen LogP contribution >= 0.6 is 11.6 Å². The third-order valence-electron chi connectivity index (χ3n) is 3.12. The molecule has 3 aromatic rings. The maximum absolute atomic E-state index is 12.4. The van der Waals surface area contributed by atoms with Crippen LogP contribution in [0.25, 0.3) is 0 Å². The Bertz CT molecular complexity index is 854. The van der Waals surface area contributed by atoms with Crippen LogP contribution in [0.4, 0.5) is 0 Å². The smallest absolute Gasteiger partial charge is 0.187 e. The molecule has 0 saturated carbocycles. The van der Waals surface area contributed by atoms with Gasteiger partial charge in [-0.3, -0.25) is 9.78 Å². The molecule has 0 aliphatic carbocycles. The number of Topliss-reactive ketones (excluding diaryl/α,β-unsaturated/α-hetero) is 1. The van der Waals surface area contributed by atoms with Crippen molar-refractivity contribution in [2.24, 2.45) is 0 Å². The second-order valence-electron chi connectivity index (χ2n) is 5.07. The molecule has 3 aromatic heterocycles. The van der Waals surface area contributed by atoms with Crippen molar-refractivity contribution in [2.75, 3.05) is 0 Å². The molecule has 120 valence electrons. The minimum Gasteiger partial charge on any atom is -0.454 e. The lowest BCUT2D eigenvalue weighted by Gasteiger charge is -2.08. The highest BCUT2D eigenvalue weighted by Gasteiger charge is 2.12. The van der Waals surface area contributed by atoms with E-state index in [4.69, 9.17) is 16.3 Å². The van der Waals surface area contributed by atoms with Gasteiger partial charge in [0.2, 0.25) is 0 Å². The number of rotatable bonds is 5. The van der Waals surface area contributed by atoms with Crippen molar-refractivity contribution < 1.29 is 9.53 Å². The Labute approximate surface area is 143 Å². The van der Waals surface area contributed by atoms with Gasteiger partial charge in [-0.1, -0.05) is 11.6 Å². The molecule has 0 atom stereocenters. The number of nitrogens with zero attached hydrogens (tertiary/aromatic N) is 4. The second-order valence-corrected chi connectivity index (χ2v) is 5.51. The number of ether oxygens (including phenoxy) is 1. The molecule has 0 radical (unpaired) electrons. The summed E-state index contributed by atoms with van der Waals surface area (Å²) in [5, 5.41) is 0.528. The summed E-state index contributed by atoms with van der Waals surface area (Å²) in [7, 11) is 0. The Balaban J connectivity index is 1.80. The van der Waals surface area contributed by atoms with Gasteiger partial charge in [-0.25, -0.2) is 15.0 Å². The van der Waals surface area contributed by atoms with Gasteiger partial charge in [-0.05, 0) is 19.1 Å². The molecule has 0 saturated heterocycles. The van der Waals surface area contributed by atoms with Crippen molar-refractivity contribution in [1.82, 2.24) is 19.9 Å². The van der Waals surface area contributed by atoms with Crippen LogP contribution < -0.4 is 4.74 Å². The van der Waals surface area contributed by atoms with E-state index in [9.17, 15) is 4.79 Å². The SMILES string of the molecule is Cc1cc(Oc2cncnc2)cc(C(=O)Cc2ccc(Cl)cn2)n1. The lowest BCUT2D eigenvalue weighted by atomic mass is 10.1. The zero-order valence-corrected chi connectivity index (χ0v) is 13.6. The van der Waals surface area contributed by atoms with Crippen molar-refractivity contribution in [1.29, 1.82) is 0 Å².